The smallest absolute Gasteiger partial charge is 0.244 e. The predicted molar refractivity (Wildman–Crippen MR) is 122 cm³/mol. The summed E-state index contributed by atoms with van der Waals surface area (Å²) in [4.78, 5) is 31.3. The van der Waals surface area contributed by atoms with E-state index in [-0.39, 0.29) is 18.4 Å². The molecular formula is C22H25N3O2S2. The van der Waals surface area contributed by atoms with Crippen molar-refractivity contribution in [1.29, 1.82) is 0 Å². The van der Waals surface area contributed by atoms with Gasteiger partial charge >= 0.3 is 0 Å². The maximum absolute atomic E-state index is 12.7. The normalized spacial score (nSPS) is 10.8. The number of fused-ring (bicyclic) bond motifs is 1. The number of aryl methyl sites for hydroxylation is 1. The number of anilines is 1. The van der Waals surface area contributed by atoms with E-state index in [4.69, 9.17) is 0 Å². The number of nitrogens with zero attached hydrogens (tertiary/aromatic N) is 2. The Morgan fingerprint density at radius 1 is 1.14 bits per heavy atom. The molecule has 2 amide bonds. The number of benzene rings is 2. The van der Waals surface area contributed by atoms with Gasteiger partial charge in [0.05, 0.1) is 16.8 Å². The van der Waals surface area contributed by atoms with E-state index in [2.05, 4.69) is 16.4 Å². The molecule has 152 valence electrons. The third-order valence-corrected chi connectivity index (χ3v) is 6.60. The fraction of sp³-hybridized carbons (Fsp3) is 0.318. The van der Waals surface area contributed by atoms with Crippen LogP contribution in [0.2, 0.25) is 0 Å². The molecule has 3 rings (SSSR count). The van der Waals surface area contributed by atoms with Crippen LogP contribution in [-0.2, 0) is 9.59 Å². The number of rotatable bonds is 9. The molecule has 5 nitrogen and oxygen atoms in total. The third kappa shape index (κ3) is 6.05. The van der Waals surface area contributed by atoms with Crippen LogP contribution in [0.1, 0.15) is 25.3 Å². The van der Waals surface area contributed by atoms with Crippen molar-refractivity contribution in [2.75, 3.05) is 24.2 Å². The summed E-state index contributed by atoms with van der Waals surface area (Å²) in [5.74, 6) is 0.485. The number of hydrogen-bond acceptors (Lipinski definition) is 5. The number of nitrogens with one attached hydrogen (secondary N) is 1. The van der Waals surface area contributed by atoms with Crippen molar-refractivity contribution in [3.63, 3.8) is 0 Å². The maximum Gasteiger partial charge on any atom is 0.244 e. The molecule has 0 saturated heterocycles. The minimum atomic E-state index is -0.167. The first-order valence-corrected chi connectivity index (χ1v) is 11.5. The van der Waals surface area contributed by atoms with Crippen molar-refractivity contribution in [2.24, 2.45) is 0 Å². The van der Waals surface area contributed by atoms with Crippen molar-refractivity contribution >= 4 is 50.8 Å². The van der Waals surface area contributed by atoms with Gasteiger partial charge in [0.15, 0.2) is 4.34 Å². The predicted octanol–water partition coefficient (Wildman–Crippen LogP) is 4.96. The molecule has 7 heteroatoms. The Labute approximate surface area is 179 Å². The van der Waals surface area contributed by atoms with Gasteiger partial charge in [-0.3, -0.25) is 9.59 Å². The van der Waals surface area contributed by atoms with Crippen LogP contribution in [0, 0.1) is 6.92 Å². The van der Waals surface area contributed by atoms with Crippen molar-refractivity contribution in [1.82, 2.24) is 9.88 Å². The summed E-state index contributed by atoms with van der Waals surface area (Å²) in [6.45, 7) is 4.61. The Kier molecular flexibility index (Phi) is 7.66. The van der Waals surface area contributed by atoms with Crippen LogP contribution in [0.25, 0.3) is 10.2 Å². The quantitative estimate of drug-likeness (QED) is 0.490. The zero-order valence-corrected chi connectivity index (χ0v) is 18.3. The summed E-state index contributed by atoms with van der Waals surface area (Å²) < 4.78 is 2.13. The van der Waals surface area contributed by atoms with E-state index in [0.29, 0.717) is 18.7 Å². The van der Waals surface area contributed by atoms with E-state index in [9.17, 15) is 9.59 Å². The molecule has 0 saturated carbocycles. The van der Waals surface area contributed by atoms with Crippen LogP contribution in [-0.4, -0.2) is 40.5 Å². The molecule has 0 aliphatic heterocycles. The van der Waals surface area contributed by atoms with E-state index < -0.39 is 0 Å². The lowest BCUT2D eigenvalue weighted by Crippen LogP contribution is -2.38. The molecule has 0 atom stereocenters. The van der Waals surface area contributed by atoms with Gasteiger partial charge < -0.3 is 10.2 Å². The Morgan fingerprint density at radius 3 is 2.66 bits per heavy atom. The first kappa shape index (κ1) is 21.3. The molecule has 0 bridgehead atoms. The van der Waals surface area contributed by atoms with Crippen LogP contribution in [0.3, 0.4) is 0 Å². The second kappa shape index (κ2) is 10.4. The monoisotopic (exact) mass is 427 g/mol. The second-order valence-corrected chi connectivity index (χ2v) is 9.10. The molecule has 0 aliphatic rings. The fourth-order valence-electron chi connectivity index (χ4n) is 2.93. The van der Waals surface area contributed by atoms with Crippen molar-refractivity contribution < 1.29 is 9.59 Å². The number of carbonyl (C=O) groups is 2. The molecule has 0 fully saturated rings. The topological polar surface area (TPSA) is 62.3 Å². The molecule has 29 heavy (non-hydrogen) atoms. The number of thiazole rings is 1. The van der Waals surface area contributed by atoms with E-state index in [1.165, 1.54) is 0 Å². The Bertz CT molecular complexity index is 954. The van der Waals surface area contributed by atoms with Crippen LogP contribution >= 0.6 is 23.1 Å². The van der Waals surface area contributed by atoms with Crippen LogP contribution in [0.5, 0.6) is 0 Å². The largest absolute Gasteiger partial charge is 0.333 e. The van der Waals surface area contributed by atoms with E-state index >= 15 is 0 Å². The lowest BCUT2D eigenvalue weighted by Gasteiger charge is -2.21. The van der Waals surface area contributed by atoms with E-state index in [0.717, 1.165) is 32.2 Å². The molecule has 2 aromatic carbocycles. The van der Waals surface area contributed by atoms with E-state index in [1.807, 2.05) is 56.3 Å². The lowest BCUT2D eigenvalue weighted by molar-refractivity contribution is -0.134. The van der Waals surface area contributed by atoms with Crippen molar-refractivity contribution in [3.05, 3.63) is 54.1 Å². The zero-order chi connectivity index (χ0) is 20.6. The molecular weight excluding hydrogens is 402 g/mol. The van der Waals surface area contributed by atoms with Gasteiger partial charge in [-0.15, -0.1) is 11.3 Å². The number of hydrogen-bond donors (Lipinski definition) is 1. The van der Waals surface area contributed by atoms with Crippen molar-refractivity contribution in [2.45, 2.75) is 31.0 Å². The van der Waals surface area contributed by atoms with Gasteiger partial charge in [-0.2, -0.15) is 0 Å². The van der Waals surface area contributed by atoms with Crippen molar-refractivity contribution in [3.8, 4) is 0 Å². The Morgan fingerprint density at radius 2 is 1.90 bits per heavy atom. The van der Waals surface area contributed by atoms with E-state index in [1.54, 1.807) is 28.0 Å². The standard InChI is InChI=1S/C22H25N3O2S2/c1-3-13-25(15-20(26)23-17-9-5-4-8-16(17)2)21(27)12-14-28-22-24-18-10-6-7-11-19(18)29-22/h4-11H,3,12-15H2,1-2H3,(H,23,26). The summed E-state index contributed by atoms with van der Waals surface area (Å²) in [7, 11) is 0. The third-order valence-electron chi connectivity index (χ3n) is 4.42. The van der Waals surface area contributed by atoms with Gasteiger partial charge in [-0.05, 0) is 37.1 Å². The highest BCUT2D eigenvalue weighted by Crippen LogP contribution is 2.29. The number of amides is 2. The highest BCUT2D eigenvalue weighted by molar-refractivity contribution is 8.01. The van der Waals surface area contributed by atoms with Gasteiger partial charge in [-0.1, -0.05) is 49.0 Å². The Balaban J connectivity index is 1.51. The molecule has 0 spiro atoms. The molecule has 0 radical (unpaired) electrons. The number of para-hydroxylation sites is 2. The first-order valence-electron chi connectivity index (χ1n) is 9.68. The average Bonchev–Trinajstić information content (AvgIpc) is 3.12. The molecule has 1 N–H and O–H groups in total. The van der Waals surface area contributed by atoms with Gasteiger partial charge in [-0.25, -0.2) is 4.98 Å². The lowest BCUT2D eigenvalue weighted by atomic mass is 10.2. The van der Waals surface area contributed by atoms with Crippen LogP contribution in [0.15, 0.2) is 52.9 Å². The summed E-state index contributed by atoms with van der Waals surface area (Å²) >= 11 is 3.24. The molecule has 0 aliphatic carbocycles. The minimum Gasteiger partial charge on any atom is -0.333 e. The first-order chi connectivity index (χ1) is 14.1. The van der Waals surface area contributed by atoms with Gasteiger partial charge in [0.2, 0.25) is 11.8 Å². The van der Waals surface area contributed by atoms with Gasteiger partial charge in [0.25, 0.3) is 0 Å². The van der Waals surface area contributed by atoms with Crippen LogP contribution < -0.4 is 5.32 Å². The molecule has 1 aromatic heterocycles. The summed E-state index contributed by atoms with van der Waals surface area (Å²) in [6, 6.07) is 15.7. The Hall–Kier alpha value is -2.38. The van der Waals surface area contributed by atoms with Gasteiger partial charge in [0.1, 0.15) is 0 Å². The number of thioether (sulfide) groups is 1. The zero-order valence-electron chi connectivity index (χ0n) is 16.7. The van der Waals surface area contributed by atoms with Crippen LogP contribution in [0.4, 0.5) is 5.69 Å². The fourth-order valence-corrected chi connectivity index (χ4v) is 5.00. The highest BCUT2D eigenvalue weighted by atomic mass is 32.2. The summed E-state index contributed by atoms with van der Waals surface area (Å²) in [5, 5.41) is 2.90. The average molecular weight is 428 g/mol. The summed E-state index contributed by atoms with van der Waals surface area (Å²) in [6.07, 6.45) is 1.20. The second-order valence-electron chi connectivity index (χ2n) is 6.72. The minimum absolute atomic E-state index is 0.000365. The molecule has 0 unspecified atom stereocenters. The highest BCUT2D eigenvalue weighted by Gasteiger charge is 2.17. The molecule has 3 aromatic rings. The number of carbonyl (C=O) groups excluding carboxylic acids is 2. The number of aromatic nitrogens is 1. The van der Waals surface area contributed by atoms with Gasteiger partial charge in [0, 0.05) is 24.4 Å². The SMILES string of the molecule is CCCN(CC(=O)Nc1ccccc1C)C(=O)CCSc1nc2ccccc2s1. The molecule has 1 heterocycles. The maximum atomic E-state index is 12.7. The summed E-state index contributed by atoms with van der Waals surface area (Å²) in [5.41, 5.74) is 2.78.